The van der Waals surface area contributed by atoms with Crippen molar-refractivity contribution >= 4 is 23.3 Å². The van der Waals surface area contributed by atoms with Gasteiger partial charge < -0.3 is 10.0 Å². The fourth-order valence-corrected chi connectivity index (χ4v) is 1.98. The number of aliphatic carboxylic acids is 1. The molecule has 0 bridgehead atoms. The van der Waals surface area contributed by atoms with E-state index >= 15 is 0 Å². The second-order valence-electron chi connectivity index (χ2n) is 4.43. The van der Waals surface area contributed by atoms with Crippen molar-refractivity contribution in [3.8, 4) is 0 Å². The highest BCUT2D eigenvalue weighted by molar-refractivity contribution is 6.31. The average molecular weight is 287 g/mol. The van der Waals surface area contributed by atoms with Crippen LogP contribution in [0.5, 0.6) is 0 Å². The lowest BCUT2D eigenvalue weighted by Gasteiger charge is -2.19. The first-order chi connectivity index (χ1) is 8.82. The van der Waals surface area contributed by atoms with Gasteiger partial charge >= 0.3 is 5.97 Å². The van der Waals surface area contributed by atoms with E-state index in [-0.39, 0.29) is 18.8 Å². The van der Waals surface area contributed by atoms with Crippen molar-refractivity contribution < 1.29 is 14.8 Å². The van der Waals surface area contributed by atoms with Crippen LogP contribution in [0.4, 0.5) is 5.69 Å². The number of nitrogens with zero attached hydrogens (tertiary/aromatic N) is 2. The molecule has 6 nitrogen and oxygen atoms in total. The van der Waals surface area contributed by atoms with Crippen LogP contribution in [0.25, 0.3) is 0 Å². The van der Waals surface area contributed by atoms with E-state index in [1.807, 2.05) is 0 Å². The fourth-order valence-electron chi connectivity index (χ4n) is 1.75. The summed E-state index contributed by atoms with van der Waals surface area (Å²) >= 11 is 5.97. The molecule has 0 saturated heterocycles. The molecule has 1 aromatic carbocycles. The largest absolute Gasteiger partial charge is 0.481 e. The van der Waals surface area contributed by atoms with Gasteiger partial charge in [0.2, 0.25) is 0 Å². The lowest BCUT2D eigenvalue weighted by Crippen LogP contribution is -2.28. The molecule has 7 heteroatoms. The van der Waals surface area contributed by atoms with Gasteiger partial charge in [-0.05, 0) is 13.1 Å². The smallest absolute Gasteiger partial charge is 0.307 e. The van der Waals surface area contributed by atoms with E-state index in [0.717, 1.165) is 0 Å². The lowest BCUT2D eigenvalue weighted by atomic mass is 10.1. The molecule has 0 radical (unpaired) electrons. The minimum atomic E-state index is -0.902. The monoisotopic (exact) mass is 286 g/mol. The Bertz CT molecular complexity index is 493. The minimum Gasteiger partial charge on any atom is -0.481 e. The number of halogens is 1. The molecule has 0 aliphatic carbocycles. The van der Waals surface area contributed by atoms with Gasteiger partial charge in [-0.1, -0.05) is 24.6 Å². The summed E-state index contributed by atoms with van der Waals surface area (Å²) in [5.41, 5.74) is 0.344. The Hall–Kier alpha value is -1.66. The Morgan fingerprint density at radius 2 is 2.21 bits per heavy atom. The quantitative estimate of drug-likeness (QED) is 0.641. The first kappa shape index (κ1) is 15.4. The SMILES string of the molecule is CC(CN(C)Cc1c(Cl)cccc1[N+](=O)[O-])C(=O)O. The predicted molar refractivity (Wildman–Crippen MR) is 71.2 cm³/mol. The van der Waals surface area contributed by atoms with Crippen molar-refractivity contribution in [2.24, 2.45) is 5.92 Å². The third-order valence-electron chi connectivity index (χ3n) is 2.73. The van der Waals surface area contributed by atoms with Gasteiger partial charge in [0.05, 0.1) is 21.4 Å². The van der Waals surface area contributed by atoms with Crippen LogP contribution >= 0.6 is 11.6 Å². The maximum absolute atomic E-state index is 10.9. The second-order valence-corrected chi connectivity index (χ2v) is 4.84. The first-order valence-electron chi connectivity index (χ1n) is 5.66. The third kappa shape index (κ3) is 4.18. The number of carboxylic acid groups (broad SMARTS) is 1. The molecule has 19 heavy (non-hydrogen) atoms. The van der Waals surface area contributed by atoms with Gasteiger partial charge in [0.25, 0.3) is 5.69 Å². The van der Waals surface area contributed by atoms with Crippen molar-refractivity contribution in [1.82, 2.24) is 4.90 Å². The Morgan fingerprint density at radius 3 is 2.74 bits per heavy atom. The summed E-state index contributed by atoms with van der Waals surface area (Å²) in [5.74, 6) is -1.45. The molecular formula is C12H15ClN2O4. The molecule has 0 aromatic heterocycles. The van der Waals surface area contributed by atoms with Crippen molar-refractivity contribution in [3.05, 3.63) is 38.9 Å². The van der Waals surface area contributed by atoms with Crippen LogP contribution in [-0.4, -0.2) is 34.5 Å². The van der Waals surface area contributed by atoms with E-state index in [9.17, 15) is 14.9 Å². The molecule has 1 atom stereocenters. The Labute approximate surface area is 115 Å². The van der Waals surface area contributed by atoms with Gasteiger partial charge in [0, 0.05) is 19.2 Å². The van der Waals surface area contributed by atoms with Crippen LogP contribution in [0.2, 0.25) is 5.02 Å². The molecule has 104 valence electrons. The van der Waals surface area contributed by atoms with Crippen LogP contribution in [-0.2, 0) is 11.3 Å². The number of nitro benzene ring substituents is 1. The van der Waals surface area contributed by atoms with Crippen LogP contribution in [0.1, 0.15) is 12.5 Å². The van der Waals surface area contributed by atoms with E-state index in [4.69, 9.17) is 16.7 Å². The highest BCUT2D eigenvalue weighted by Gasteiger charge is 2.20. The highest BCUT2D eigenvalue weighted by Crippen LogP contribution is 2.27. The molecule has 1 N–H and O–H groups in total. The summed E-state index contributed by atoms with van der Waals surface area (Å²) in [6.07, 6.45) is 0. The molecule has 0 spiro atoms. The van der Waals surface area contributed by atoms with E-state index < -0.39 is 16.8 Å². The molecule has 1 rings (SSSR count). The normalized spacial score (nSPS) is 12.4. The third-order valence-corrected chi connectivity index (χ3v) is 3.08. The van der Waals surface area contributed by atoms with E-state index in [2.05, 4.69) is 0 Å². The zero-order valence-electron chi connectivity index (χ0n) is 10.7. The zero-order valence-corrected chi connectivity index (χ0v) is 11.4. The Kier molecular flexibility index (Phi) is 5.26. The van der Waals surface area contributed by atoms with Crippen molar-refractivity contribution in [2.45, 2.75) is 13.5 Å². The van der Waals surface area contributed by atoms with Crippen molar-refractivity contribution in [2.75, 3.05) is 13.6 Å². The zero-order chi connectivity index (χ0) is 14.6. The summed E-state index contributed by atoms with van der Waals surface area (Å²) in [4.78, 5) is 22.9. The molecule has 0 fully saturated rings. The van der Waals surface area contributed by atoms with E-state index in [1.165, 1.54) is 12.1 Å². The first-order valence-corrected chi connectivity index (χ1v) is 6.03. The van der Waals surface area contributed by atoms with Gasteiger partial charge in [0.15, 0.2) is 0 Å². The number of rotatable bonds is 6. The molecule has 0 amide bonds. The standard InChI is InChI=1S/C12H15ClN2O4/c1-8(12(16)17)6-14(2)7-9-10(13)4-3-5-11(9)15(18)19/h3-5,8H,6-7H2,1-2H3,(H,16,17). The molecule has 1 aromatic rings. The topological polar surface area (TPSA) is 83.7 Å². The second kappa shape index (κ2) is 6.49. The fraction of sp³-hybridized carbons (Fsp3) is 0.417. The Morgan fingerprint density at radius 1 is 1.58 bits per heavy atom. The van der Waals surface area contributed by atoms with Gasteiger partial charge in [-0.25, -0.2) is 0 Å². The maximum atomic E-state index is 10.9. The summed E-state index contributed by atoms with van der Waals surface area (Å²) in [6.45, 7) is 2.10. The predicted octanol–water partition coefficient (Wildman–Crippen LogP) is 2.40. The summed E-state index contributed by atoms with van der Waals surface area (Å²) in [7, 11) is 1.70. The van der Waals surface area contributed by atoms with Gasteiger partial charge in [0.1, 0.15) is 0 Å². The molecule has 0 heterocycles. The number of hydrogen-bond donors (Lipinski definition) is 1. The minimum absolute atomic E-state index is 0.0534. The molecule has 1 unspecified atom stereocenters. The van der Waals surface area contributed by atoms with Gasteiger partial charge in [-0.2, -0.15) is 0 Å². The maximum Gasteiger partial charge on any atom is 0.307 e. The Balaban J connectivity index is 2.87. The molecule has 0 saturated carbocycles. The number of carboxylic acids is 1. The van der Waals surface area contributed by atoms with Gasteiger partial charge in [-0.15, -0.1) is 0 Å². The molecule has 0 aliphatic heterocycles. The molecule has 0 aliphatic rings. The van der Waals surface area contributed by atoms with Crippen LogP contribution in [0, 0.1) is 16.0 Å². The lowest BCUT2D eigenvalue weighted by molar-refractivity contribution is -0.385. The summed E-state index contributed by atoms with van der Waals surface area (Å²) in [6, 6.07) is 4.48. The van der Waals surface area contributed by atoms with Crippen molar-refractivity contribution in [3.63, 3.8) is 0 Å². The van der Waals surface area contributed by atoms with E-state index in [0.29, 0.717) is 10.6 Å². The number of benzene rings is 1. The van der Waals surface area contributed by atoms with Crippen LogP contribution in [0.3, 0.4) is 0 Å². The highest BCUT2D eigenvalue weighted by atomic mass is 35.5. The number of carbonyl (C=O) groups is 1. The number of hydrogen-bond acceptors (Lipinski definition) is 4. The van der Waals surface area contributed by atoms with Crippen LogP contribution < -0.4 is 0 Å². The molecular weight excluding hydrogens is 272 g/mol. The number of nitro groups is 1. The summed E-state index contributed by atoms with van der Waals surface area (Å²) < 4.78 is 0. The van der Waals surface area contributed by atoms with Crippen molar-refractivity contribution in [1.29, 1.82) is 0 Å². The van der Waals surface area contributed by atoms with E-state index in [1.54, 1.807) is 24.9 Å². The average Bonchev–Trinajstić information content (AvgIpc) is 2.31. The van der Waals surface area contributed by atoms with Crippen LogP contribution in [0.15, 0.2) is 18.2 Å². The van der Waals surface area contributed by atoms with Gasteiger partial charge in [-0.3, -0.25) is 14.9 Å². The summed E-state index contributed by atoms with van der Waals surface area (Å²) in [5, 5.41) is 20.1.